The van der Waals surface area contributed by atoms with E-state index in [1.165, 1.54) is 30.6 Å². The lowest BCUT2D eigenvalue weighted by molar-refractivity contribution is 0.179. The molecule has 1 heterocycles. The van der Waals surface area contributed by atoms with Crippen molar-refractivity contribution in [2.45, 2.75) is 39.0 Å². The maximum Gasteiger partial charge on any atom is 0.419 e. The van der Waals surface area contributed by atoms with E-state index >= 15 is 0 Å². The highest BCUT2D eigenvalue weighted by Gasteiger charge is 2.21. The zero-order valence-electron chi connectivity index (χ0n) is 11.1. The Bertz CT molecular complexity index is 280. The second-order valence-corrected chi connectivity index (χ2v) is 6.37. The molecule has 5 heteroatoms. The second-order valence-electron chi connectivity index (χ2n) is 4.46. The summed E-state index contributed by atoms with van der Waals surface area (Å²) in [5.74, 6) is 0.915. The topological polar surface area (TPSA) is 41.9 Å². The van der Waals surface area contributed by atoms with E-state index in [4.69, 9.17) is 4.18 Å². The van der Waals surface area contributed by atoms with Gasteiger partial charge in [0.25, 0.3) is 0 Å². The second kappa shape index (κ2) is 7.58. The van der Waals surface area contributed by atoms with Gasteiger partial charge in [0.15, 0.2) is 0 Å². The third kappa shape index (κ3) is 4.98. The molecule has 0 spiro atoms. The van der Waals surface area contributed by atoms with Crippen molar-refractivity contribution in [2.24, 2.45) is 4.99 Å². The maximum absolute atomic E-state index is 11.5. The van der Waals surface area contributed by atoms with E-state index in [2.05, 4.69) is 11.9 Å². The molecule has 0 radical (unpaired) electrons. The van der Waals surface area contributed by atoms with Crippen LogP contribution in [0.3, 0.4) is 0 Å². The van der Waals surface area contributed by atoms with Crippen molar-refractivity contribution in [1.29, 1.82) is 0 Å². The molecule has 0 bridgehead atoms. The molecule has 1 atom stereocenters. The first-order valence-electron chi connectivity index (χ1n) is 6.35. The summed E-state index contributed by atoms with van der Waals surface area (Å²) >= 11 is -0.742. The lowest BCUT2D eigenvalue weighted by Gasteiger charge is -2.20. The number of carbonyl (C=O) groups excluding carboxylic acids is 1. The Kier molecular flexibility index (Phi) is 6.40. The number of unbranched alkanes of at least 4 members (excludes halogenated alkanes) is 3. The van der Waals surface area contributed by atoms with Crippen LogP contribution in [0.15, 0.2) is 4.99 Å². The monoisotopic (exact) mass is 260 g/mol. The van der Waals surface area contributed by atoms with E-state index in [1.807, 2.05) is 0 Å². The van der Waals surface area contributed by atoms with E-state index < -0.39 is 11.2 Å². The average Bonchev–Trinajstić information content (AvgIpc) is 2.72. The van der Waals surface area contributed by atoms with E-state index in [9.17, 15) is 4.79 Å². The van der Waals surface area contributed by atoms with Gasteiger partial charge in [-0.25, -0.2) is 4.79 Å². The lowest BCUT2D eigenvalue weighted by atomic mass is 10.2. The first kappa shape index (κ1) is 14.4. The first-order valence-corrected chi connectivity index (χ1v) is 7.79. The number of nitrogens with zero attached hydrogens (tertiary/aromatic N) is 2. The summed E-state index contributed by atoms with van der Waals surface area (Å²) in [4.78, 5) is 17.4. The highest BCUT2D eigenvalue weighted by Crippen LogP contribution is 2.35. The highest BCUT2D eigenvalue weighted by molar-refractivity contribution is 8.26. The fourth-order valence-corrected chi connectivity index (χ4v) is 3.42. The van der Waals surface area contributed by atoms with Gasteiger partial charge in [0.2, 0.25) is 0 Å². The molecule has 100 valence electrons. The zero-order valence-corrected chi connectivity index (χ0v) is 12.0. The Morgan fingerprint density at radius 2 is 2.18 bits per heavy atom. The molecule has 1 amide bonds. The van der Waals surface area contributed by atoms with Gasteiger partial charge in [-0.15, -0.1) is 0 Å². The molecule has 0 saturated heterocycles. The lowest BCUT2D eigenvalue weighted by Crippen LogP contribution is -2.22. The van der Waals surface area contributed by atoms with Gasteiger partial charge in [-0.05, 0) is 12.8 Å². The van der Waals surface area contributed by atoms with Crippen molar-refractivity contribution in [1.82, 2.24) is 4.90 Å². The summed E-state index contributed by atoms with van der Waals surface area (Å²) in [5.41, 5.74) is 0. The summed E-state index contributed by atoms with van der Waals surface area (Å²) in [6.45, 7) is 3.04. The number of amides is 1. The van der Waals surface area contributed by atoms with Crippen molar-refractivity contribution in [3.63, 3.8) is 0 Å². The number of rotatable bonds is 6. The molecule has 4 nitrogen and oxygen atoms in total. The number of thiol groups is 1. The molecule has 0 saturated carbocycles. The Balaban J connectivity index is 2.31. The van der Waals surface area contributed by atoms with Crippen LogP contribution in [0.4, 0.5) is 4.79 Å². The van der Waals surface area contributed by atoms with Gasteiger partial charge in [0.05, 0.1) is 11.6 Å². The molecule has 1 aliphatic rings. The minimum atomic E-state index is -0.742. The fraction of sp³-hybridized carbons (Fsp3) is 0.833. The van der Waals surface area contributed by atoms with Crippen LogP contribution in [0.2, 0.25) is 0 Å². The molecule has 0 aromatic carbocycles. The molecule has 0 aromatic heterocycles. The summed E-state index contributed by atoms with van der Waals surface area (Å²) in [5, 5.41) is 1.14. The fourth-order valence-electron chi connectivity index (χ4n) is 1.67. The van der Waals surface area contributed by atoms with Crippen molar-refractivity contribution < 1.29 is 8.98 Å². The van der Waals surface area contributed by atoms with Crippen molar-refractivity contribution in [3.05, 3.63) is 0 Å². The van der Waals surface area contributed by atoms with Gasteiger partial charge in [-0.2, -0.15) is 0 Å². The van der Waals surface area contributed by atoms with Gasteiger partial charge >= 0.3 is 6.09 Å². The predicted octanol–water partition coefficient (Wildman–Crippen LogP) is 2.98. The molecule has 0 fully saturated rings. The maximum atomic E-state index is 11.5. The van der Waals surface area contributed by atoms with Crippen LogP contribution < -0.4 is 0 Å². The highest BCUT2D eigenvalue weighted by atomic mass is 32.2. The number of hydrogen-bond donors (Lipinski definition) is 1. The van der Waals surface area contributed by atoms with Gasteiger partial charge in [-0.1, -0.05) is 37.4 Å². The minimum absolute atomic E-state index is 0.237. The standard InChI is InChI=1S/C12H24N2O2S/c1-4-5-6-7-8-11-13-9-10-17(11)16-12(15)14(2)3/h17H,4-10H2,1-3H3. The normalized spacial score (nSPS) is 21.1. The Morgan fingerprint density at radius 1 is 1.41 bits per heavy atom. The van der Waals surface area contributed by atoms with Crippen LogP contribution in [-0.2, 0) is 4.18 Å². The summed E-state index contributed by atoms with van der Waals surface area (Å²) in [7, 11) is 3.43. The van der Waals surface area contributed by atoms with Crippen LogP contribution in [0.25, 0.3) is 0 Å². The summed E-state index contributed by atoms with van der Waals surface area (Å²) in [6, 6.07) is 0. The first-order chi connectivity index (χ1) is 8.15. The molecule has 0 aliphatic carbocycles. The molecule has 1 rings (SSSR count). The smallest absolute Gasteiger partial charge is 0.396 e. The van der Waals surface area contributed by atoms with Crippen LogP contribution >= 0.6 is 11.2 Å². The Labute approximate surface area is 107 Å². The van der Waals surface area contributed by atoms with Crippen molar-refractivity contribution in [2.75, 3.05) is 26.4 Å². The van der Waals surface area contributed by atoms with E-state index in [-0.39, 0.29) is 6.09 Å². The number of hydrogen-bond acceptors (Lipinski definition) is 3. The average molecular weight is 260 g/mol. The quantitative estimate of drug-likeness (QED) is 0.589. The van der Waals surface area contributed by atoms with E-state index in [1.54, 1.807) is 14.1 Å². The molecular weight excluding hydrogens is 236 g/mol. The van der Waals surface area contributed by atoms with Crippen LogP contribution in [-0.4, -0.2) is 42.4 Å². The molecular formula is C12H24N2O2S. The molecule has 0 aromatic rings. The molecule has 17 heavy (non-hydrogen) atoms. The molecule has 1 aliphatic heterocycles. The van der Waals surface area contributed by atoms with Gasteiger partial charge < -0.3 is 9.08 Å². The van der Waals surface area contributed by atoms with Gasteiger partial charge in [0, 0.05) is 19.8 Å². The van der Waals surface area contributed by atoms with Gasteiger partial charge in [-0.3, -0.25) is 4.99 Å². The number of carbonyl (C=O) groups is 1. The molecule has 1 unspecified atom stereocenters. The third-order valence-electron chi connectivity index (χ3n) is 2.69. The van der Waals surface area contributed by atoms with Crippen LogP contribution in [0.1, 0.15) is 39.0 Å². The predicted molar refractivity (Wildman–Crippen MR) is 75.1 cm³/mol. The van der Waals surface area contributed by atoms with Gasteiger partial charge in [0.1, 0.15) is 0 Å². The third-order valence-corrected chi connectivity index (χ3v) is 4.62. The van der Waals surface area contributed by atoms with Crippen LogP contribution in [0, 0.1) is 0 Å². The zero-order chi connectivity index (χ0) is 12.7. The molecule has 0 N–H and O–H groups in total. The minimum Gasteiger partial charge on any atom is -0.396 e. The van der Waals surface area contributed by atoms with Crippen LogP contribution in [0.5, 0.6) is 0 Å². The van der Waals surface area contributed by atoms with Crippen molar-refractivity contribution >= 4 is 22.3 Å². The SMILES string of the molecule is CCCCCCC1=NCC[SH]1OC(=O)N(C)C. The summed E-state index contributed by atoms with van der Waals surface area (Å²) < 4.78 is 5.46. The largest absolute Gasteiger partial charge is 0.419 e. The van der Waals surface area contributed by atoms with Crippen molar-refractivity contribution in [3.8, 4) is 0 Å². The number of aliphatic imine (C=N–C) groups is 1. The van der Waals surface area contributed by atoms with E-state index in [0.29, 0.717) is 0 Å². The van der Waals surface area contributed by atoms with E-state index in [0.717, 1.165) is 23.8 Å². The summed E-state index contributed by atoms with van der Waals surface area (Å²) in [6.07, 6.45) is 5.72. The Morgan fingerprint density at radius 3 is 2.82 bits per heavy atom. The Hall–Kier alpha value is -0.710.